The maximum atomic E-state index is 11.8. The predicted molar refractivity (Wildman–Crippen MR) is 75.3 cm³/mol. The van der Waals surface area contributed by atoms with Crippen molar-refractivity contribution >= 4 is 5.91 Å². The van der Waals surface area contributed by atoms with Crippen molar-refractivity contribution in [2.45, 2.75) is 32.2 Å². The molecule has 0 aromatic heterocycles. The van der Waals surface area contributed by atoms with Crippen molar-refractivity contribution in [3.05, 3.63) is 29.8 Å². The Bertz CT molecular complexity index is 414. The highest BCUT2D eigenvalue weighted by atomic mass is 16.5. The summed E-state index contributed by atoms with van der Waals surface area (Å²) in [5.41, 5.74) is 1.11. The first kappa shape index (κ1) is 13.9. The van der Waals surface area contributed by atoms with Gasteiger partial charge in [0.05, 0.1) is 12.6 Å². The normalized spacial score (nSPS) is 18.9. The van der Waals surface area contributed by atoms with Gasteiger partial charge in [-0.1, -0.05) is 24.6 Å². The van der Waals surface area contributed by atoms with Crippen LogP contribution in [0.3, 0.4) is 0 Å². The third kappa shape index (κ3) is 4.24. The molecule has 1 unspecified atom stereocenters. The molecule has 1 aromatic rings. The molecule has 4 nitrogen and oxygen atoms in total. The van der Waals surface area contributed by atoms with E-state index in [4.69, 9.17) is 4.74 Å². The predicted octanol–water partition coefficient (Wildman–Crippen LogP) is 1.63. The highest BCUT2D eigenvalue weighted by Crippen LogP contribution is 2.15. The van der Waals surface area contributed by atoms with E-state index in [2.05, 4.69) is 10.6 Å². The Kier molecular flexibility index (Phi) is 5.21. The molecule has 1 fully saturated rings. The third-order valence-corrected chi connectivity index (χ3v) is 3.38. The number of carbonyl (C=O) groups is 1. The van der Waals surface area contributed by atoms with Gasteiger partial charge in [0.1, 0.15) is 12.4 Å². The molecular weight excluding hydrogens is 240 g/mol. The maximum Gasteiger partial charge on any atom is 0.237 e. The van der Waals surface area contributed by atoms with E-state index in [0.29, 0.717) is 13.2 Å². The Hall–Kier alpha value is -1.55. The summed E-state index contributed by atoms with van der Waals surface area (Å²) in [5.74, 6) is 0.973. The number of hydrogen-bond acceptors (Lipinski definition) is 3. The Balaban J connectivity index is 1.66. The first-order valence-corrected chi connectivity index (χ1v) is 6.97. The summed E-state index contributed by atoms with van der Waals surface area (Å²) in [6, 6.07) is 7.87. The summed E-state index contributed by atoms with van der Waals surface area (Å²) in [6.07, 6.45) is 3.23. The van der Waals surface area contributed by atoms with Gasteiger partial charge in [-0.05, 0) is 37.9 Å². The van der Waals surface area contributed by atoms with Gasteiger partial charge in [-0.2, -0.15) is 0 Å². The molecule has 0 aliphatic carbocycles. The van der Waals surface area contributed by atoms with E-state index in [0.717, 1.165) is 30.7 Å². The Morgan fingerprint density at radius 2 is 2.26 bits per heavy atom. The van der Waals surface area contributed by atoms with Crippen LogP contribution in [-0.4, -0.2) is 31.6 Å². The van der Waals surface area contributed by atoms with Gasteiger partial charge < -0.3 is 15.4 Å². The summed E-state index contributed by atoms with van der Waals surface area (Å²) in [4.78, 5) is 11.8. The van der Waals surface area contributed by atoms with Gasteiger partial charge in [-0.25, -0.2) is 0 Å². The van der Waals surface area contributed by atoms with E-state index in [9.17, 15) is 4.79 Å². The maximum absolute atomic E-state index is 11.8. The number of amides is 1. The van der Waals surface area contributed by atoms with Crippen LogP contribution in [0.15, 0.2) is 24.3 Å². The summed E-state index contributed by atoms with van der Waals surface area (Å²) < 4.78 is 5.64. The number of nitrogens with one attached hydrogen (secondary N) is 2. The van der Waals surface area contributed by atoms with Gasteiger partial charge in [0.15, 0.2) is 0 Å². The van der Waals surface area contributed by atoms with Crippen molar-refractivity contribution in [2.75, 3.05) is 19.7 Å². The molecule has 1 aromatic carbocycles. The van der Waals surface area contributed by atoms with Gasteiger partial charge in [0.2, 0.25) is 5.91 Å². The molecule has 2 rings (SSSR count). The number of ether oxygens (including phenoxy) is 1. The standard InChI is InChI=1S/C15H22N2O2/c1-12-6-2-3-8-14(12)19-11-10-17-15(18)13-7-4-5-9-16-13/h2-3,6,8,13,16H,4-5,7,9-11H2,1H3,(H,17,18). The molecule has 0 bridgehead atoms. The number of carbonyl (C=O) groups excluding carboxylic acids is 1. The fourth-order valence-corrected chi connectivity index (χ4v) is 2.25. The van der Waals surface area contributed by atoms with Crippen molar-refractivity contribution < 1.29 is 9.53 Å². The van der Waals surface area contributed by atoms with E-state index in [1.807, 2.05) is 31.2 Å². The molecule has 4 heteroatoms. The van der Waals surface area contributed by atoms with Gasteiger partial charge in [0.25, 0.3) is 0 Å². The molecule has 1 amide bonds. The lowest BCUT2D eigenvalue weighted by Crippen LogP contribution is -2.47. The van der Waals surface area contributed by atoms with E-state index < -0.39 is 0 Å². The molecular formula is C15H22N2O2. The Morgan fingerprint density at radius 1 is 1.42 bits per heavy atom. The zero-order valence-electron chi connectivity index (χ0n) is 11.4. The van der Waals surface area contributed by atoms with Crippen LogP contribution in [-0.2, 0) is 4.79 Å². The van der Waals surface area contributed by atoms with Crippen LogP contribution in [0.4, 0.5) is 0 Å². The van der Waals surface area contributed by atoms with Crippen molar-refractivity contribution in [3.63, 3.8) is 0 Å². The zero-order chi connectivity index (χ0) is 13.5. The second kappa shape index (κ2) is 7.14. The highest BCUT2D eigenvalue weighted by molar-refractivity contribution is 5.81. The Labute approximate surface area is 114 Å². The third-order valence-electron chi connectivity index (χ3n) is 3.38. The average Bonchev–Trinajstić information content (AvgIpc) is 2.46. The van der Waals surface area contributed by atoms with Crippen LogP contribution >= 0.6 is 0 Å². The minimum absolute atomic E-state index is 0.0211. The van der Waals surface area contributed by atoms with Gasteiger partial charge in [-0.15, -0.1) is 0 Å². The van der Waals surface area contributed by atoms with Crippen molar-refractivity contribution in [1.29, 1.82) is 0 Å². The topological polar surface area (TPSA) is 50.4 Å². The van der Waals surface area contributed by atoms with Gasteiger partial charge >= 0.3 is 0 Å². The minimum Gasteiger partial charge on any atom is -0.491 e. The van der Waals surface area contributed by atoms with Crippen LogP contribution in [0.1, 0.15) is 24.8 Å². The lowest BCUT2D eigenvalue weighted by Gasteiger charge is -2.22. The average molecular weight is 262 g/mol. The molecule has 1 saturated heterocycles. The van der Waals surface area contributed by atoms with Gasteiger partial charge in [0, 0.05) is 0 Å². The molecule has 1 heterocycles. The Morgan fingerprint density at radius 3 is 3.00 bits per heavy atom. The second-order valence-corrected chi connectivity index (χ2v) is 4.91. The van der Waals surface area contributed by atoms with Crippen molar-refractivity contribution in [3.8, 4) is 5.75 Å². The molecule has 1 aliphatic heterocycles. The van der Waals surface area contributed by atoms with Crippen molar-refractivity contribution in [2.24, 2.45) is 0 Å². The number of benzene rings is 1. The van der Waals surface area contributed by atoms with Crippen LogP contribution in [0, 0.1) is 6.92 Å². The number of para-hydroxylation sites is 1. The number of aryl methyl sites for hydroxylation is 1. The zero-order valence-corrected chi connectivity index (χ0v) is 11.4. The number of hydrogen-bond donors (Lipinski definition) is 2. The fourth-order valence-electron chi connectivity index (χ4n) is 2.25. The van der Waals surface area contributed by atoms with E-state index in [1.165, 1.54) is 6.42 Å². The molecule has 1 atom stereocenters. The summed E-state index contributed by atoms with van der Waals surface area (Å²) in [6.45, 7) is 4.01. The number of rotatable bonds is 5. The van der Waals surface area contributed by atoms with E-state index in [1.54, 1.807) is 0 Å². The quantitative estimate of drug-likeness (QED) is 0.793. The lowest BCUT2D eigenvalue weighted by molar-refractivity contribution is -0.123. The van der Waals surface area contributed by atoms with E-state index in [-0.39, 0.29) is 11.9 Å². The molecule has 0 saturated carbocycles. The van der Waals surface area contributed by atoms with Gasteiger partial charge in [-0.3, -0.25) is 4.79 Å². The lowest BCUT2D eigenvalue weighted by atomic mass is 10.0. The van der Waals surface area contributed by atoms with Crippen LogP contribution in [0.25, 0.3) is 0 Å². The first-order valence-electron chi connectivity index (χ1n) is 6.97. The van der Waals surface area contributed by atoms with E-state index >= 15 is 0 Å². The largest absolute Gasteiger partial charge is 0.491 e. The fraction of sp³-hybridized carbons (Fsp3) is 0.533. The highest BCUT2D eigenvalue weighted by Gasteiger charge is 2.19. The van der Waals surface area contributed by atoms with Crippen LogP contribution < -0.4 is 15.4 Å². The summed E-state index contributed by atoms with van der Waals surface area (Å²) in [5, 5.41) is 6.15. The molecule has 0 radical (unpaired) electrons. The summed E-state index contributed by atoms with van der Waals surface area (Å²) >= 11 is 0. The SMILES string of the molecule is Cc1ccccc1OCCNC(=O)C1CCCCN1. The monoisotopic (exact) mass is 262 g/mol. The minimum atomic E-state index is -0.0211. The molecule has 0 spiro atoms. The summed E-state index contributed by atoms with van der Waals surface area (Å²) in [7, 11) is 0. The molecule has 19 heavy (non-hydrogen) atoms. The molecule has 2 N–H and O–H groups in total. The smallest absolute Gasteiger partial charge is 0.237 e. The van der Waals surface area contributed by atoms with Crippen LogP contribution in [0.2, 0.25) is 0 Å². The van der Waals surface area contributed by atoms with Crippen LogP contribution in [0.5, 0.6) is 5.75 Å². The molecule has 1 aliphatic rings. The van der Waals surface area contributed by atoms with Crippen molar-refractivity contribution in [1.82, 2.24) is 10.6 Å². The molecule has 104 valence electrons. The number of piperidine rings is 1. The first-order chi connectivity index (χ1) is 9.27. The second-order valence-electron chi connectivity index (χ2n) is 4.91.